The Morgan fingerprint density at radius 3 is 1.35 bits per heavy atom. The molecule has 3 N–H and O–H groups in total. The first kappa shape index (κ1) is 40.4. The van der Waals surface area contributed by atoms with Gasteiger partial charge in [0, 0.05) is 61.4 Å². The van der Waals surface area contributed by atoms with Gasteiger partial charge < -0.3 is 25.2 Å². The van der Waals surface area contributed by atoms with Gasteiger partial charge >= 0.3 is 5.97 Å². The minimum Gasteiger partial charge on any atom is -0.853 e. The number of hydrogen-bond acceptors (Lipinski definition) is 10. The Bertz CT molecular complexity index is 2610. The first-order valence-electron chi connectivity index (χ1n) is 18.1. The normalized spacial score (nSPS) is 14.1. The quantitative estimate of drug-likeness (QED) is 0.0901. The number of ether oxygens (including phenoxy) is 1. The Balaban J connectivity index is 0.000000150. The maximum absolute atomic E-state index is 10.5. The molecule has 0 amide bonds. The summed E-state index contributed by atoms with van der Waals surface area (Å²) in [5.74, 6) is -2.87. The summed E-state index contributed by atoms with van der Waals surface area (Å²) in [5.41, 5.74) is 12.8. The number of pyridine rings is 4. The van der Waals surface area contributed by atoms with E-state index in [2.05, 4.69) is 114 Å². The number of aliphatic hydroxyl groups is 3. The summed E-state index contributed by atoms with van der Waals surface area (Å²) in [7, 11) is 0. The first-order chi connectivity index (χ1) is 27.0. The summed E-state index contributed by atoms with van der Waals surface area (Å²) < 4.78 is 4.28. The van der Waals surface area contributed by atoms with E-state index in [-0.39, 0.29) is 17.1 Å². The van der Waals surface area contributed by atoms with Crippen molar-refractivity contribution in [2.75, 3.05) is 6.61 Å². The summed E-state index contributed by atoms with van der Waals surface area (Å²) in [4.78, 5) is 29.5. The summed E-state index contributed by atoms with van der Waals surface area (Å²) in [6.45, 7) is 7.17. The third-order valence-corrected chi connectivity index (χ3v) is 9.46. The molecular weight excluding hydrogens is 768 g/mol. The molecule has 57 heavy (non-hydrogen) atoms. The molecule has 11 heteroatoms. The van der Waals surface area contributed by atoms with Crippen molar-refractivity contribution in [3.63, 3.8) is 0 Å². The first-order valence-corrected chi connectivity index (χ1v) is 18.1. The summed E-state index contributed by atoms with van der Waals surface area (Å²) >= 11 is 0. The van der Waals surface area contributed by atoms with Crippen LogP contribution in [-0.2, 0) is 26.6 Å². The number of carbonyl (C=O) groups excluding carboxylic acids is 1. The van der Waals surface area contributed by atoms with Crippen LogP contribution in [0.5, 0.6) is 0 Å². The Labute approximate surface area is 339 Å². The molecule has 1 aliphatic rings. The van der Waals surface area contributed by atoms with Crippen LogP contribution in [0, 0.1) is 27.7 Å². The van der Waals surface area contributed by atoms with Gasteiger partial charge in [-0.2, -0.15) is 0 Å². The predicted molar refractivity (Wildman–Crippen MR) is 217 cm³/mol. The summed E-state index contributed by atoms with van der Waals surface area (Å²) in [6.07, 6.45) is -2.95. The van der Waals surface area contributed by atoms with Gasteiger partial charge in [0.25, 0.3) is 0 Å². The number of aliphatic hydroxyl groups excluding tert-OH is 3. The van der Waals surface area contributed by atoms with Gasteiger partial charge in [-0.1, -0.05) is 84.9 Å². The molecule has 9 rings (SSSR count). The smallest absolute Gasteiger partial charge is 0.377 e. The molecule has 4 aromatic carbocycles. The third kappa shape index (κ3) is 8.47. The van der Waals surface area contributed by atoms with Crippen molar-refractivity contribution in [2.24, 2.45) is 0 Å². The molecule has 1 aliphatic heterocycles. The number of aryl methyl sites for hydroxylation is 4. The van der Waals surface area contributed by atoms with Crippen molar-refractivity contribution in [3.8, 4) is 22.3 Å². The zero-order valence-corrected chi connectivity index (χ0v) is 32.5. The number of esters is 1. The fraction of sp³-hybridized carbons (Fsp3) is 0.152. The van der Waals surface area contributed by atoms with Crippen LogP contribution in [0.1, 0.15) is 22.8 Å². The minimum absolute atomic E-state index is 0. The molecule has 10 nitrogen and oxygen atoms in total. The molecule has 5 heterocycles. The van der Waals surface area contributed by atoms with E-state index in [1.54, 1.807) is 0 Å². The maximum atomic E-state index is 10.5. The largest absolute Gasteiger partial charge is 0.853 e. The number of benzene rings is 4. The molecule has 291 valence electrons. The van der Waals surface area contributed by atoms with Crippen molar-refractivity contribution in [1.82, 2.24) is 19.9 Å². The van der Waals surface area contributed by atoms with Crippen LogP contribution in [0.2, 0.25) is 0 Å². The monoisotopic (exact) mass is 806 g/mol. The molecule has 2 unspecified atom stereocenters. The summed E-state index contributed by atoms with van der Waals surface area (Å²) in [6, 6.07) is 42.2. The Hall–Kier alpha value is -6.23. The van der Waals surface area contributed by atoms with Crippen molar-refractivity contribution < 1.29 is 47.0 Å². The Kier molecular flexibility index (Phi) is 12.3. The topological polar surface area (TPSA) is 162 Å². The van der Waals surface area contributed by atoms with E-state index in [9.17, 15) is 9.90 Å². The van der Waals surface area contributed by atoms with Gasteiger partial charge in [0.1, 0.15) is 0 Å². The van der Waals surface area contributed by atoms with E-state index in [0.29, 0.717) is 0 Å². The van der Waals surface area contributed by atoms with Crippen LogP contribution in [0.25, 0.3) is 65.9 Å². The van der Waals surface area contributed by atoms with Crippen molar-refractivity contribution in [3.05, 3.63) is 156 Å². The van der Waals surface area contributed by atoms with Crippen LogP contribution in [0.15, 0.2) is 133 Å². The third-order valence-electron chi connectivity index (χ3n) is 9.46. The second-order valence-electron chi connectivity index (χ2n) is 13.6. The Morgan fingerprint density at radius 1 is 0.596 bits per heavy atom. The average molecular weight is 807 g/mol. The molecule has 0 saturated carbocycles. The number of fused-ring (bicyclic) bond motifs is 6. The molecule has 1 radical (unpaired) electrons. The van der Waals surface area contributed by atoms with Crippen molar-refractivity contribution in [2.45, 2.75) is 39.9 Å². The minimum atomic E-state index is -1.53. The van der Waals surface area contributed by atoms with Crippen LogP contribution >= 0.6 is 0 Å². The van der Waals surface area contributed by atoms with Crippen LogP contribution < -0.4 is 5.11 Å². The molecule has 0 aliphatic carbocycles. The number of carbonyl (C=O) groups is 1. The zero-order chi connectivity index (χ0) is 39.5. The molecule has 4 aromatic heterocycles. The van der Waals surface area contributed by atoms with Gasteiger partial charge in [-0.25, -0.2) is 4.79 Å². The van der Waals surface area contributed by atoms with E-state index in [4.69, 9.17) is 35.3 Å². The summed E-state index contributed by atoms with van der Waals surface area (Å²) in [5, 5.41) is 41.2. The number of rotatable bonds is 4. The molecular formula is C46H39CuN4O6-. The second kappa shape index (κ2) is 17.3. The molecule has 0 spiro atoms. The van der Waals surface area contributed by atoms with Crippen molar-refractivity contribution in [1.29, 1.82) is 0 Å². The van der Waals surface area contributed by atoms with Gasteiger partial charge in [0.15, 0.2) is 11.9 Å². The fourth-order valence-corrected chi connectivity index (χ4v) is 6.65. The fourth-order valence-electron chi connectivity index (χ4n) is 6.65. The van der Waals surface area contributed by atoms with Gasteiger partial charge in [0.2, 0.25) is 5.76 Å². The van der Waals surface area contributed by atoms with Crippen LogP contribution in [0.3, 0.4) is 0 Å². The number of aromatic nitrogens is 4. The van der Waals surface area contributed by atoms with Gasteiger partial charge in [-0.3, -0.25) is 19.9 Å². The van der Waals surface area contributed by atoms with E-state index in [1.807, 2.05) is 39.8 Å². The number of nitrogens with zero attached hydrogens (tertiary/aromatic N) is 4. The Morgan fingerprint density at radius 2 is 0.982 bits per heavy atom. The van der Waals surface area contributed by atoms with Crippen LogP contribution in [0.4, 0.5) is 0 Å². The van der Waals surface area contributed by atoms with Crippen molar-refractivity contribution >= 4 is 49.6 Å². The number of cyclic esters (lactones) is 1. The van der Waals surface area contributed by atoms with E-state index < -0.39 is 36.3 Å². The second-order valence-corrected chi connectivity index (χ2v) is 13.6. The van der Waals surface area contributed by atoms with Gasteiger partial charge in [-0.05, 0) is 86.3 Å². The maximum Gasteiger partial charge on any atom is 0.377 e. The number of hydrogen-bond donors (Lipinski definition) is 3. The van der Waals surface area contributed by atoms with Crippen LogP contribution in [-0.4, -0.2) is 60.0 Å². The molecule has 0 bridgehead atoms. The standard InChI is InChI=1S/2C20H16N2.C6H7O6.Cu/c2*1-13-8-10-16-12-18(15-6-4-3-5-7-15)17-11-9-14(2)22-20(17)19(16)21-13;7-1-2(8)5-3(9)4(10)6(11)12-5;/h2*3-12H,1-2H3;2,5,8-10H,1H2;/q;;-1;. The van der Waals surface area contributed by atoms with E-state index in [0.717, 1.165) is 66.4 Å². The van der Waals surface area contributed by atoms with Gasteiger partial charge in [0.05, 0.1) is 28.2 Å². The van der Waals surface area contributed by atoms with E-state index in [1.165, 1.54) is 22.3 Å². The SMILES string of the molecule is Cc1ccc2cc(-c3ccccc3)c3ccc(C)nc3c2n1.Cc1ccc2cc(-c3ccccc3)c3ccc(C)nc3c2n1.O=C1OC(C(O)C[O-])C(O)=C1O.[Cu]. The zero-order valence-electron chi connectivity index (χ0n) is 31.6. The predicted octanol–water partition coefficient (Wildman–Crippen LogP) is 8.09. The van der Waals surface area contributed by atoms with E-state index >= 15 is 0 Å². The van der Waals surface area contributed by atoms with Gasteiger partial charge in [-0.15, -0.1) is 6.61 Å². The molecule has 2 atom stereocenters. The molecule has 0 saturated heterocycles. The molecule has 0 fully saturated rings. The average Bonchev–Trinajstić information content (AvgIpc) is 3.48. The molecule has 8 aromatic rings.